The number of amides is 3. The molecule has 12 nitrogen and oxygen atoms in total. The molecule has 0 radical (unpaired) electrons. The largest absolute Gasteiger partial charge is 0.444 e. The fourth-order valence-corrected chi connectivity index (χ4v) is 7.20. The van der Waals surface area contributed by atoms with Gasteiger partial charge in [-0.25, -0.2) is 4.79 Å². The van der Waals surface area contributed by atoms with E-state index >= 15 is 0 Å². The molecule has 1 atom stereocenters. The molecule has 0 rings (SSSR count). The summed E-state index contributed by atoms with van der Waals surface area (Å²) in [5.41, 5.74) is 6.81. The maximum absolute atomic E-state index is 13.4. The molecule has 0 aliphatic heterocycles. The van der Waals surface area contributed by atoms with Crippen LogP contribution in [0.3, 0.4) is 0 Å². The molecule has 0 aliphatic carbocycles. The van der Waals surface area contributed by atoms with Crippen molar-refractivity contribution in [2.45, 2.75) is 118 Å². The molecule has 0 bridgehead atoms. The molecule has 1 unspecified atom stereocenters. The standard InChI is InChI=1S/C34H64N6O6S3/c1-7-8-9-10-11-12-13-14-15-16-26-48-32(47)49-27-28(29(41)36-19-23-45-25-21-39-40-35)34(5,6)30(42)37-18-17-22-44-24-20-38-31(43)46-33(2,3)4/h28H,7-27H2,1-6H3,(H,36,41)(H,37,42)(H,38,43). The summed E-state index contributed by atoms with van der Waals surface area (Å²) >= 11 is 8.74. The molecule has 284 valence electrons. The van der Waals surface area contributed by atoms with E-state index in [-0.39, 0.29) is 38.1 Å². The van der Waals surface area contributed by atoms with E-state index in [9.17, 15) is 14.4 Å². The summed E-state index contributed by atoms with van der Waals surface area (Å²) in [5.74, 6) is 0.229. The Bertz CT molecular complexity index is 977. The Labute approximate surface area is 309 Å². The topological polar surface area (TPSA) is 164 Å². The second-order valence-electron chi connectivity index (χ2n) is 13.4. The summed E-state index contributed by atoms with van der Waals surface area (Å²) in [4.78, 5) is 41.1. The van der Waals surface area contributed by atoms with Gasteiger partial charge in [0.2, 0.25) is 11.8 Å². The Morgan fingerprint density at radius 2 is 1.37 bits per heavy atom. The number of carbonyl (C=O) groups is 3. The fourth-order valence-electron chi connectivity index (χ4n) is 4.58. The third kappa shape index (κ3) is 27.6. The Balaban J connectivity index is 4.71. The second kappa shape index (κ2) is 29.9. The van der Waals surface area contributed by atoms with Crippen molar-refractivity contribution in [1.82, 2.24) is 16.0 Å². The van der Waals surface area contributed by atoms with Crippen LogP contribution in [0.15, 0.2) is 5.11 Å². The van der Waals surface area contributed by atoms with E-state index in [0.717, 1.165) is 15.7 Å². The van der Waals surface area contributed by atoms with E-state index in [4.69, 9.17) is 32.0 Å². The summed E-state index contributed by atoms with van der Waals surface area (Å²) in [6.07, 6.45) is 13.0. The van der Waals surface area contributed by atoms with Gasteiger partial charge in [0, 0.05) is 43.5 Å². The minimum Gasteiger partial charge on any atom is -0.444 e. The Hall–Kier alpha value is -1.77. The summed E-state index contributed by atoms with van der Waals surface area (Å²) in [6.45, 7) is 13.7. The molecule has 15 heteroatoms. The molecule has 3 amide bonds. The Morgan fingerprint density at radius 3 is 1.98 bits per heavy atom. The summed E-state index contributed by atoms with van der Waals surface area (Å²) in [7, 11) is 0. The smallest absolute Gasteiger partial charge is 0.407 e. The predicted octanol–water partition coefficient (Wildman–Crippen LogP) is 7.79. The number of azide groups is 1. The van der Waals surface area contributed by atoms with Gasteiger partial charge in [0.05, 0.1) is 31.2 Å². The van der Waals surface area contributed by atoms with Gasteiger partial charge in [-0.05, 0) is 44.9 Å². The van der Waals surface area contributed by atoms with Crippen LogP contribution in [0.2, 0.25) is 0 Å². The molecule has 0 heterocycles. The fraction of sp³-hybridized carbons (Fsp3) is 0.882. The van der Waals surface area contributed by atoms with Gasteiger partial charge in [-0.3, -0.25) is 9.59 Å². The lowest BCUT2D eigenvalue weighted by Crippen LogP contribution is -2.49. The SMILES string of the molecule is CCCCCCCCCCCCSC(=S)SCC(C(=O)NCCOCCN=[N+]=[N-])C(C)(C)C(=O)NCCCOCCNC(=O)OC(C)(C)C. The zero-order valence-electron chi connectivity index (χ0n) is 30.9. The van der Waals surface area contributed by atoms with Crippen molar-refractivity contribution in [3.05, 3.63) is 10.4 Å². The van der Waals surface area contributed by atoms with E-state index in [1.807, 2.05) is 0 Å². The van der Waals surface area contributed by atoms with E-state index < -0.39 is 23.0 Å². The molecule has 0 aromatic rings. The molecular formula is C34H64N6O6S3. The molecule has 0 aliphatic rings. The average Bonchev–Trinajstić information content (AvgIpc) is 3.03. The maximum atomic E-state index is 13.4. The molecule has 3 N–H and O–H groups in total. The summed E-state index contributed by atoms with van der Waals surface area (Å²) < 4.78 is 16.9. The van der Waals surface area contributed by atoms with Crippen LogP contribution in [0.25, 0.3) is 10.4 Å². The van der Waals surface area contributed by atoms with Gasteiger partial charge in [0.1, 0.15) is 9.13 Å². The van der Waals surface area contributed by atoms with Crippen molar-refractivity contribution < 1.29 is 28.6 Å². The third-order valence-corrected chi connectivity index (χ3v) is 10.3. The number of thiocarbonyl (C=S) groups is 1. The molecule has 0 saturated carbocycles. The number of hydrogen-bond acceptors (Lipinski definition) is 10. The molecule has 0 aromatic carbocycles. The quantitative estimate of drug-likeness (QED) is 0.0228. The monoisotopic (exact) mass is 748 g/mol. The molecule has 49 heavy (non-hydrogen) atoms. The minimum absolute atomic E-state index is 0.221. The van der Waals surface area contributed by atoms with Crippen molar-refractivity contribution >= 4 is 57.2 Å². The predicted molar refractivity (Wildman–Crippen MR) is 207 cm³/mol. The summed E-state index contributed by atoms with van der Waals surface area (Å²) in [6, 6.07) is 0. The highest BCUT2D eigenvalue weighted by atomic mass is 32.2. The number of alkyl carbamates (subject to hydrolysis) is 1. The van der Waals surface area contributed by atoms with Crippen LogP contribution in [0.1, 0.15) is 112 Å². The number of hydrogen-bond donors (Lipinski definition) is 3. The lowest BCUT2D eigenvalue weighted by molar-refractivity contribution is -0.139. The van der Waals surface area contributed by atoms with Crippen LogP contribution in [0, 0.1) is 11.3 Å². The van der Waals surface area contributed by atoms with Crippen LogP contribution in [0.4, 0.5) is 4.79 Å². The van der Waals surface area contributed by atoms with Crippen LogP contribution < -0.4 is 16.0 Å². The Morgan fingerprint density at radius 1 is 0.776 bits per heavy atom. The molecule has 0 spiro atoms. The van der Waals surface area contributed by atoms with Crippen molar-refractivity contribution in [2.75, 3.05) is 64.1 Å². The summed E-state index contributed by atoms with van der Waals surface area (Å²) in [5, 5.41) is 11.9. The van der Waals surface area contributed by atoms with Gasteiger partial charge in [0.15, 0.2) is 0 Å². The molecule has 0 saturated heterocycles. The van der Waals surface area contributed by atoms with Gasteiger partial charge in [0.25, 0.3) is 0 Å². The number of unbranched alkanes of at least 4 members (excludes halogenated alkanes) is 9. The van der Waals surface area contributed by atoms with Crippen molar-refractivity contribution in [2.24, 2.45) is 16.4 Å². The highest BCUT2D eigenvalue weighted by Crippen LogP contribution is 2.33. The number of thioether (sulfide) groups is 2. The average molecular weight is 749 g/mol. The number of rotatable bonds is 29. The highest BCUT2D eigenvalue weighted by Gasteiger charge is 2.41. The van der Waals surface area contributed by atoms with E-state index in [1.54, 1.807) is 46.4 Å². The first-order chi connectivity index (χ1) is 23.3. The maximum Gasteiger partial charge on any atom is 0.407 e. The Kier molecular flexibility index (Phi) is 28.8. The lowest BCUT2D eigenvalue weighted by atomic mass is 9.78. The van der Waals surface area contributed by atoms with Gasteiger partial charge in [-0.1, -0.05) is 95.9 Å². The molecule has 0 aromatic heterocycles. The van der Waals surface area contributed by atoms with E-state index in [2.05, 4.69) is 32.9 Å². The molecule has 0 fully saturated rings. The number of nitrogens with zero attached hydrogens (tertiary/aromatic N) is 3. The lowest BCUT2D eigenvalue weighted by Gasteiger charge is -2.32. The van der Waals surface area contributed by atoms with E-state index in [1.165, 1.54) is 69.5 Å². The second-order valence-corrected chi connectivity index (χ2v) is 16.7. The number of ether oxygens (including phenoxy) is 3. The van der Waals surface area contributed by atoms with Gasteiger partial charge < -0.3 is 30.2 Å². The van der Waals surface area contributed by atoms with E-state index in [0.29, 0.717) is 38.5 Å². The highest BCUT2D eigenvalue weighted by molar-refractivity contribution is 8.47. The van der Waals surface area contributed by atoms with Crippen LogP contribution in [-0.2, 0) is 23.8 Å². The van der Waals surface area contributed by atoms with Crippen LogP contribution >= 0.6 is 35.7 Å². The minimum atomic E-state index is -1.01. The first-order valence-electron chi connectivity index (χ1n) is 17.8. The van der Waals surface area contributed by atoms with Crippen molar-refractivity contribution in [3.8, 4) is 0 Å². The van der Waals surface area contributed by atoms with Crippen LogP contribution in [0.5, 0.6) is 0 Å². The zero-order valence-corrected chi connectivity index (χ0v) is 33.4. The third-order valence-electron chi connectivity index (χ3n) is 7.47. The van der Waals surface area contributed by atoms with Gasteiger partial charge >= 0.3 is 6.09 Å². The van der Waals surface area contributed by atoms with Gasteiger partial charge in [-0.2, -0.15) is 0 Å². The first-order valence-corrected chi connectivity index (χ1v) is 20.2. The van der Waals surface area contributed by atoms with Crippen molar-refractivity contribution in [1.29, 1.82) is 0 Å². The first kappa shape index (κ1) is 47.2. The zero-order chi connectivity index (χ0) is 36.8. The van der Waals surface area contributed by atoms with Crippen molar-refractivity contribution in [3.63, 3.8) is 0 Å². The van der Waals surface area contributed by atoms with Gasteiger partial charge in [-0.15, -0.1) is 23.5 Å². The normalized spacial score (nSPS) is 12.1. The van der Waals surface area contributed by atoms with Crippen LogP contribution in [-0.4, -0.2) is 91.1 Å². The molecular weight excluding hydrogens is 685 g/mol. The number of carbonyl (C=O) groups excluding carboxylic acids is 3. The number of nitrogens with one attached hydrogen (secondary N) is 3.